The maximum absolute atomic E-state index is 4.34. The van der Waals surface area contributed by atoms with Crippen LogP contribution >= 0.6 is 0 Å². The molecule has 1 N–H and O–H groups in total. The van der Waals surface area contributed by atoms with Crippen LogP contribution in [0.3, 0.4) is 0 Å². The highest BCUT2D eigenvalue weighted by atomic mass is 15.3. The Kier molecular flexibility index (Phi) is 2.27. The van der Waals surface area contributed by atoms with E-state index in [-0.39, 0.29) is 0 Å². The van der Waals surface area contributed by atoms with Crippen LogP contribution in [0.2, 0.25) is 0 Å². The molecule has 3 atom stereocenters. The van der Waals surface area contributed by atoms with E-state index >= 15 is 0 Å². The summed E-state index contributed by atoms with van der Waals surface area (Å²) in [6.07, 6.45) is 9.64. The highest BCUT2D eigenvalue weighted by Gasteiger charge is 2.35. The molecule has 0 saturated heterocycles. The van der Waals surface area contributed by atoms with E-state index in [1.165, 1.54) is 18.5 Å². The van der Waals surface area contributed by atoms with Gasteiger partial charge in [0.2, 0.25) is 0 Å². The maximum Gasteiger partial charge on any atom is 0.0824 e. The molecule has 2 aliphatic carbocycles. The van der Waals surface area contributed by atoms with Gasteiger partial charge in [-0.1, -0.05) is 12.2 Å². The first-order valence-electron chi connectivity index (χ1n) is 6.15. The molecule has 1 fully saturated rings. The van der Waals surface area contributed by atoms with Gasteiger partial charge < -0.3 is 5.32 Å². The lowest BCUT2D eigenvalue weighted by atomic mass is 9.93. The Labute approximate surface area is 96.5 Å². The molecule has 0 aliphatic heterocycles. The lowest BCUT2D eigenvalue weighted by Crippen LogP contribution is -2.18. The van der Waals surface area contributed by atoms with Gasteiger partial charge >= 0.3 is 0 Å². The zero-order valence-corrected chi connectivity index (χ0v) is 9.98. The van der Waals surface area contributed by atoms with E-state index in [2.05, 4.69) is 35.7 Å². The van der Waals surface area contributed by atoms with Crippen molar-refractivity contribution >= 4 is 5.69 Å². The number of allylic oxidation sites excluding steroid dienone is 2. The Morgan fingerprint density at radius 2 is 2.31 bits per heavy atom. The predicted molar refractivity (Wildman–Crippen MR) is 65.3 cm³/mol. The van der Waals surface area contributed by atoms with Gasteiger partial charge in [-0.15, -0.1) is 0 Å². The van der Waals surface area contributed by atoms with Gasteiger partial charge in [0.15, 0.2) is 0 Å². The summed E-state index contributed by atoms with van der Waals surface area (Å²) in [4.78, 5) is 0. The number of nitrogens with zero attached hydrogens (tertiary/aromatic N) is 2. The average Bonchev–Trinajstić information content (AvgIpc) is 2.91. The normalized spacial score (nSPS) is 31.2. The molecular formula is C13H19N3. The van der Waals surface area contributed by atoms with Crippen molar-refractivity contribution in [3.8, 4) is 0 Å². The number of aryl methyl sites for hydroxylation is 2. The van der Waals surface area contributed by atoms with Crippen molar-refractivity contribution in [2.45, 2.75) is 19.8 Å². The molecule has 3 unspecified atom stereocenters. The Hall–Kier alpha value is -1.25. The zero-order chi connectivity index (χ0) is 11.1. The Bertz CT molecular complexity index is 419. The third kappa shape index (κ3) is 1.64. The molecule has 0 spiro atoms. The highest BCUT2D eigenvalue weighted by molar-refractivity contribution is 5.45. The van der Waals surface area contributed by atoms with E-state index in [0.717, 1.165) is 30.0 Å². The van der Waals surface area contributed by atoms with Gasteiger partial charge in [-0.3, -0.25) is 4.68 Å². The number of anilines is 1. The fraction of sp³-hybridized carbons (Fsp3) is 0.615. The lowest BCUT2D eigenvalue weighted by molar-refractivity contribution is 0.472. The van der Waals surface area contributed by atoms with Crippen molar-refractivity contribution < 1.29 is 0 Å². The number of aromatic nitrogens is 2. The smallest absolute Gasteiger partial charge is 0.0824 e. The number of nitrogens with one attached hydrogen (secondary N) is 1. The quantitative estimate of drug-likeness (QED) is 0.788. The first-order valence-corrected chi connectivity index (χ1v) is 6.15. The van der Waals surface area contributed by atoms with E-state index in [4.69, 9.17) is 0 Å². The van der Waals surface area contributed by atoms with Crippen molar-refractivity contribution in [1.29, 1.82) is 0 Å². The number of rotatable bonds is 3. The molecule has 0 radical (unpaired) electrons. The summed E-state index contributed by atoms with van der Waals surface area (Å²) in [5, 5.41) is 7.89. The molecule has 1 aromatic heterocycles. The summed E-state index contributed by atoms with van der Waals surface area (Å²) in [6.45, 7) is 3.15. The van der Waals surface area contributed by atoms with E-state index in [9.17, 15) is 0 Å². The van der Waals surface area contributed by atoms with Crippen molar-refractivity contribution in [3.63, 3.8) is 0 Å². The van der Waals surface area contributed by atoms with Gasteiger partial charge in [0.1, 0.15) is 0 Å². The minimum atomic E-state index is 0.828. The van der Waals surface area contributed by atoms with Crippen LogP contribution < -0.4 is 5.32 Å². The van der Waals surface area contributed by atoms with Crippen molar-refractivity contribution in [1.82, 2.24) is 9.78 Å². The second kappa shape index (κ2) is 3.65. The summed E-state index contributed by atoms with van der Waals surface area (Å²) in [5.74, 6) is 2.52. The summed E-state index contributed by atoms with van der Waals surface area (Å²) in [7, 11) is 1.97. The standard InChI is InChI=1S/C13H19N3/c1-9-13(8-16(2)15-9)14-7-12-6-10-3-4-11(12)5-10/h3-4,8,10-12,14H,5-7H2,1-2H3. The van der Waals surface area contributed by atoms with Gasteiger partial charge in [-0.2, -0.15) is 5.10 Å². The SMILES string of the molecule is Cc1nn(C)cc1NCC1CC2C=CC1C2. The average molecular weight is 217 g/mol. The Morgan fingerprint density at radius 3 is 2.88 bits per heavy atom. The molecule has 0 amide bonds. The molecule has 1 saturated carbocycles. The van der Waals surface area contributed by atoms with Gasteiger partial charge in [-0.25, -0.2) is 0 Å². The number of fused-ring (bicyclic) bond motifs is 2. The van der Waals surface area contributed by atoms with Crippen LogP contribution in [0, 0.1) is 24.7 Å². The molecule has 0 aromatic carbocycles. The molecule has 16 heavy (non-hydrogen) atoms. The summed E-state index contributed by atoms with van der Waals surface area (Å²) < 4.78 is 1.87. The van der Waals surface area contributed by atoms with Crippen molar-refractivity contribution in [2.75, 3.05) is 11.9 Å². The number of hydrogen-bond donors (Lipinski definition) is 1. The fourth-order valence-corrected chi connectivity index (χ4v) is 3.14. The zero-order valence-electron chi connectivity index (χ0n) is 9.98. The van der Waals surface area contributed by atoms with E-state index < -0.39 is 0 Å². The lowest BCUT2D eigenvalue weighted by Gasteiger charge is -2.18. The second-order valence-corrected chi connectivity index (χ2v) is 5.22. The van der Waals surface area contributed by atoms with E-state index in [1.54, 1.807) is 0 Å². The highest BCUT2D eigenvalue weighted by Crippen LogP contribution is 2.43. The molecule has 3 rings (SSSR count). The van der Waals surface area contributed by atoms with Gasteiger partial charge in [0, 0.05) is 19.8 Å². The van der Waals surface area contributed by atoms with Crippen molar-refractivity contribution in [3.05, 3.63) is 24.0 Å². The summed E-state index contributed by atoms with van der Waals surface area (Å²) >= 11 is 0. The molecule has 86 valence electrons. The van der Waals surface area contributed by atoms with Crippen LogP contribution in [0.5, 0.6) is 0 Å². The topological polar surface area (TPSA) is 29.9 Å². The minimum Gasteiger partial charge on any atom is -0.382 e. The summed E-state index contributed by atoms with van der Waals surface area (Å²) in [5.41, 5.74) is 2.29. The molecule has 3 heteroatoms. The van der Waals surface area contributed by atoms with E-state index in [0.29, 0.717) is 0 Å². The molecule has 3 nitrogen and oxygen atoms in total. The second-order valence-electron chi connectivity index (χ2n) is 5.22. The third-order valence-corrected chi connectivity index (χ3v) is 3.98. The van der Waals surface area contributed by atoms with Gasteiger partial charge in [-0.05, 0) is 37.5 Å². The maximum atomic E-state index is 4.34. The van der Waals surface area contributed by atoms with Gasteiger partial charge in [0.05, 0.1) is 11.4 Å². The Balaban J connectivity index is 1.61. The first-order chi connectivity index (χ1) is 7.72. The van der Waals surface area contributed by atoms with Crippen LogP contribution in [-0.4, -0.2) is 16.3 Å². The van der Waals surface area contributed by atoms with Crippen LogP contribution in [0.25, 0.3) is 0 Å². The Morgan fingerprint density at radius 1 is 1.44 bits per heavy atom. The number of hydrogen-bond acceptors (Lipinski definition) is 2. The first kappa shape index (κ1) is 9.94. The molecule has 2 aliphatic rings. The fourth-order valence-electron chi connectivity index (χ4n) is 3.14. The molecular weight excluding hydrogens is 198 g/mol. The largest absolute Gasteiger partial charge is 0.382 e. The van der Waals surface area contributed by atoms with Crippen LogP contribution in [0.1, 0.15) is 18.5 Å². The van der Waals surface area contributed by atoms with Crippen LogP contribution in [-0.2, 0) is 7.05 Å². The molecule has 1 aromatic rings. The minimum absolute atomic E-state index is 0.828. The van der Waals surface area contributed by atoms with E-state index in [1.807, 2.05) is 11.7 Å². The van der Waals surface area contributed by atoms with Gasteiger partial charge in [0.25, 0.3) is 0 Å². The van der Waals surface area contributed by atoms with Crippen LogP contribution in [0.4, 0.5) is 5.69 Å². The third-order valence-electron chi connectivity index (χ3n) is 3.98. The van der Waals surface area contributed by atoms with Crippen molar-refractivity contribution in [2.24, 2.45) is 24.8 Å². The molecule has 2 bridgehead atoms. The monoisotopic (exact) mass is 217 g/mol. The summed E-state index contributed by atoms with van der Waals surface area (Å²) in [6, 6.07) is 0. The molecule has 1 heterocycles. The van der Waals surface area contributed by atoms with Crippen LogP contribution in [0.15, 0.2) is 18.3 Å². The predicted octanol–water partition coefficient (Wildman–Crippen LogP) is 2.35.